The lowest BCUT2D eigenvalue weighted by molar-refractivity contribution is -0.131. The van der Waals surface area contributed by atoms with Crippen LogP contribution in [0, 0.1) is 11.7 Å². The summed E-state index contributed by atoms with van der Waals surface area (Å²) < 4.78 is 39.2. The molecule has 0 radical (unpaired) electrons. The Balaban J connectivity index is 1.39. The third kappa shape index (κ3) is 4.07. The van der Waals surface area contributed by atoms with Crippen LogP contribution in [0.1, 0.15) is 23.6 Å². The maximum absolute atomic E-state index is 14.0. The predicted octanol–water partition coefficient (Wildman–Crippen LogP) is 2.81. The molecule has 1 aromatic heterocycles. The van der Waals surface area contributed by atoms with Gasteiger partial charge in [0.05, 0.1) is 6.26 Å². The lowest BCUT2D eigenvalue weighted by Gasteiger charge is -2.16. The van der Waals surface area contributed by atoms with Crippen molar-refractivity contribution in [3.05, 3.63) is 46.4 Å². The maximum Gasteiger partial charge on any atom is 0.226 e. The Morgan fingerprint density at radius 1 is 1.33 bits per heavy atom. The lowest BCUT2D eigenvalue weighted by Crippen LogP contribution is -2.38. The van der Waals surface area contributed by atoms with Gasteiger partial charge in [-0.3, -0.25) is 4.79 Å². The van der Waals surface area contributed by atoms with E-state index in [1.807, 2.05) is 17.5 Å². The summed E-state index contributed by atoms with van der Waals surface area (Å²) in [6, 6.07) is 8.48. The highest BCUT2D eigenvalue weighted by Gasteiger charge is 2.47. The number of amides is 1. The van der Waals surface area contributed by atoms with E-state index in [4.69, 9.17) is 0 Å². The molecule has 1 saturated carbocycles. The Kier molecular flexibility index (Phi) is 4.82. The van der Waals surface area contributed by atoms with E-state index in [1.165, 1.54) is 6.07 Å². The molecule has 5 nitrogen and oxygen atoms in total. The van der Waals surface area contributed by atoms with Crippen LogP contribution in [0.15, 0.2) is 35.7 Å². The van der Waals surface area contributed by atoms with Crippen molar-refractivity contribution in [2.75, 3.05) is 19.3 Å². The number of thiophene rings is 1. The largest absolute Gasteiger partial charge is 0.341 e. The van der Waals surface area contributed by atoms with Crippen LogP contribution in [0.5, 0.6) is 0 Å². The average molecular weight is 409 g/mol. The summed E-state index contributed by atoms with van der Waals surface area (Å²) >= 11 is 1.57. The van der Waals surface area contributed by atoms with Crippen LogP contribution in [-0.2, 0) is 14.8 Å². The Hall–Kier alpha value is -1.77. The molecule has 1 aliphatic carbocycles. The van der Waals surface area contributed by atoms with Gasteiger partial charge in [0.15, 0.2) is 0 Å². The number of hydrogen-bond donors (Lipinski definition) is 1. The topological polar surface area (TPSA) is 66.5 Å². The van der Waals surface area contributed by atoms with E-state index < -0.39 is 10.0 Å². The molecule has 144 valence electrons. The van der Waals surface area contributed by atoms with Crippen molar-refractivity contribution in [1.82, 2.24) is 9.62 Å². The number of nitrogens with one attached hydrogen (secondary N) is 1. The molecule has 1 saturated heterocycles. The van der Waals surface area contributed by atoms with Gasteiger partial charge in [-0.15, -0.1) is 11.3 Å². The number of nitrogens with zero attached hydrogens (tertiary/aromatic N) is 1. The molecule has 0 unspecified atom stereocenters. The lowest BCUT2D eigenvalue weighted by atomic mass is 10.1. The third-order valence-corrected chi connectivity index (χ3v) is 6.98. The molecular weight excluding hydrogens is 387 g/mol. The summed E-state index contributed by atoms with van der Waals surface area (Å²) in [4.78, 5) is 15.6. The van der Waals surface area contributed by atoms with Crippen LogP contribution in [0.3, 0.4) is 0 Å². The van der Waals surface area contributed by atoms with Crippen LogP contribution in [0.25, 0.3) is 11.1 Å². The van der Waals surface area contributed by atoms with E-state index >= 15 is 0 Å². The zero-order valence-electron chi connectivity index (χ0n) is 14.9. The molecule has 2 heterocycles. The zero-order chi connectivity index (χ0) is 19.2. The molecular formula is C19H21FN2O3S2. The predicted molar refractivity (Wildman–Crippen MR) is 104 cm³/mol. The first-order chi connectivity index (χ1) is 12.8. The molecule has 2 aromatic rings. The Labute approximate surface area is 162 Å². The van der Waals surface area contributed by atoms with Crippen molar-refractivity contribution in [2.45, 2.75) is 24.8 Å². The number of benzene rings is 1. The average Bonchev–Trinajstić information content (AvgIpc) is 3.01. The van der Waals surface area contributed by atoms with E-state index in [-0.39, 0.29) is 29.6 Å². The number of hydrogen-bond acceptors (Lipinski definition) is 4. The minimum Gasteiger partial charge on any atom is -0.341 e. The summed E-state index contributed by atoms with van der Waals surface area (Å²) in [5, 5.41) is 1.94. The first-order valence-electron chi connectivity index (χ1n) is 8.91. The van der Waals surface area contributed by atoms with Gasteiger partial charge in [0.2, 0.25) is 15.9 Å². The normalized spacial score (nSPS) is 25.0. The number of carbonyl (C=O) groups is 1. The van der Waals surface area contributed by atoms with Crippen LogP contribution in [0.2, 0.25) is 0 Å². The van der Waals surface area contributed by atoms with Crippen molar-refractivity contribution in [2.24, 2.45) is 5.92 Å². The summed E-state index contributed by atoms with van der Waals surface area (Å²) in [5.41, 5.74) is 1.43. The second-order valence-electron chi connectivity index (χ2n) is 7.33. The van der Waals surface area contributed by atoms with Crippen LogP contribution in [-0.4, -0.2) is 44.6 Å². The quantitative estimate of drug-likeness (QED) is 0.827. The van der Waals surface area contributed by atoms with Crippen molar-refractivity contribution in [3.8, 4) is 11.1 Å². The zero-order valence-corrected chi connectivity index (χ0v) is 16.5. The van der Waals surface area contributed by atoms with Gasteiger partial charge in [-0.2, -0.15) is 0 Å². The van der Waals surface area contributed by atoms with Crippen LogP contribution in [0.4, 0.5) is 4.39 Å². The summed E-state index contributed by atoms with van der Waals surface area (Å²) in [5.74, 6) is -0.00977. The molecule has 1 aromatic carbocycles. The Morgan fingerprint density at radius 3 is 2.85 bits per heavy atom. The molecule has 0 bridgehead atoms. The van der Waals surface area contributed by atoms with Gasteiger partial charge in [0.25, 0.3) is 0 Å². The van der Waals surface area contributed by atoms with Crippen LogP contribution >= 0.6 is 11.3 Å². The van der Waals surface area contributed by atoms with Gasteiger partial charge < -0.3 is 4.90 Å². The molecule has 0 spiro atoms. The van der Waals surface area contributed by atoms with E-state index in [9.17, 15) is 17.6 Å². The fourth-order valence-electron chi connectivity index (χ4n) is 3.76. The number of likely N-dealkylation sites (tertiary alicyclic amines) is 1. The van der Waals surface area contributed by atoms with Crippen LogP contribution < -0.4 is 4.72 Å². The van der Waals surface area contributed by atoms with Crippen molar-refractivity contribution >= 4 is 27.3 Å². The van der Waals surface area contributed by atoms with Gasteiger partial charge in [0.1, 0.15) is 5.82 Å². The van der Waals surface area contributed by atoms with E-state index in [1.54, 1.807) is 28.4 Å². The number of rotatable bonds is 5. The Morgan fingerprint density at radius 2 is 2.11 bits per heavy atom. The van der Waals surface area contributed by atoms with E-state index in [0.29, 0.717) is 25.1 Å². The highest BCUT2D eigenvalue weighted by atomic mass is 32.2. The highest BCUT2D eigenvalue weighted by molar-refractivity contribution is 7.88. The van der Waals surface area contributed by atoms with Gasteiger partial charge in [-0.1, -0.05) is 18.2 Å². The second-order valence-corrected chi connectivity index (χ2v) is 10.0. The minimum atomic E-state index is -3.26. The monoisotopic (exact) mass is 408 g/mol. The third-order valence-electron chi connectivity index (χ3n) is 5.16. The number of sulfonamides is 1. The van der Waals surface area contributed by atoms with Gasteiger partial charge in [0, 0.05) is 41.4 Å². The molecule has 8 heteroatoms. The molecule has 1 aliphatic heterocycles. The minimum absolute atomic E-state index is 0.0471. The second kappa shape index (κ2) is 7.00. The first kappa shape index (κ1) is 18.6. The van der Waals surface area contributed by atoms with Crippen molar-refractivity contribution in [3.63, 3.8) is 0 Å². The molecule has 1 amide bonds. The van der Waals surface area contributed by atoms with E-state index in [0.717, 1.165) is 23.1 Å². The smallest absolute Gasteiger partial charge is 0.226 e. The molecule has 27 heavy (non-hydrogen) atoms. The number of carbonyl (C=O) groups excluding carboxylic acids is 1. The molecule has 4 rings (SSSR count). The molecule has 2 aliphatic rings. The van der Waals surface area contributed by atoms with Gasteiger partial charge >= 0.3 is 0 Å². The molecule has 3 atom stereocenters. The standard InChI is InChI=1S/C19H21FN2O3S2/c1-27(24,25)21-13-6-7-22(10-13)19(23)16-9-15(16)18-8-12(11-26-18)14-4-2-3-5-17(14)20/h2-5,8,11,13,15-16,21H,6-7,9-10H2,1H3/t13-,15-,16-/m1/s1. The summed E-state index contributed by atoms with van der Waals surface area (Å²) in [6.07, 6.45) is 2.59. The van der Waals surface area contributed by atoms with Gasteiger partial charge in [-0.05, 0) is 35.9 Å². The molecule has 1 N–H and O–H groups in total. The fraction of sp³-hybridized carbons (Fsp3) is 0.421. The SMILES string of the molecule is CS(=O)(=O)N[C@@H]1CCN(C(=O)[C@@H]2C[C@H]2c2cc(-c3ccccc3F)cs2)C1. The highest BCUT2D eigenvalue weighted by Crippen LogP contribution is 2.51. The van der Waals surface area contributed by atoms with Crippen molar-refractivity contribution in [1.29, 1.82) is 0 Å². The summed E-state index contributed by atoms with van der Waals surface area (Å²) in [6.45, 7) is 1.01. The first-order valence-corrected chi connectivity index (χ1v) is 11.7. The molecule has 2 fully saturated rings. The Bertz CT molecular complexity index is 973. The van der Waals surface area contributed by atoms with E-state index in [2.05, 4.69) is 4.72 Å². The fourth-order valence-corrected chi connectivity index (χ4v) is 5.65. The summed E-state index contributed by atoms with van der Waals surface area (Å²) in [7, 11) is -3.26. The number of halogens is 1. The van der Waals surface area contributed by atoms with Crippen molar-refractivity contribution < 1.29 is 17.6 Å². The maximum atomic E-state index is 14.0. The van der Waals surface area contributed by atoms with Gasteiger partial charge in [-0.25, -0.2) is 17.5 Å².